The van der Waals surface area contributed by atoms with Gasteiger partial charge in [0.1, 0.15) is 36.2 Å². The number of esters is 1. The van der Waals surface area contributed by atoms with Gasteiger partial charge in [-0.2, -0.15) is 0 Å². The van der Waals surface area contributed by atoms with E-state index in [0.717, 1.165) is 61.6 Å². The van der Waals surface area contributed by atoms with Crippen molar-refractivity contribution in [3.63, 3.8) is 0 Å². The third-order valence-corrected chi connectivity index (χ3v) is 9.04. The molecule has 0 radical (unpaired) electrons. The van der Waals surface area contributed by atoms with Crippen LogP contribution in [-0.4, -0.2) is 17.7 Å². The second kappa shape index (κ2) is 15.0. The molecule has 0 heterocycles. The molecule has 6 aromatic carbocycles. The van der Waals surface area contributed by atoms with Gasteiger partial charge in [-0.15, -0.1) is 0 Å². The zero-order valence-electron chi connectivity index (χ0n) is 27.8. The number of ether oxygens (including phenoxy) is 3. The van der Waals surface area contributed by atoms with Crippen LogP contribution in [0.5, 0.6) is 23.0 Å². The molecule has 0 saturated heterocycles. The normalized spacial score (nSPS) is 12.1. The Morgan fingerprint density at radius 1 is 0.540 bits per heavy atom. The lowest BCUT2D eigenvalue weighted by Gasteiger charge is -2.21. The molecule has 0 fully saturated rings. The topological polar surface area (TPSA) is 65.0 Å². The molecule has 0 atom stereocenters. The molecule has 1 aliphatic rings. The minimum Gasteiger partial charge on any atom is -0.507 e. The third kappa shape index (κ3) is 7.18. The number of aromatic hydroxyl groups is 1. The summed E-state index contributed by atoms with van der Waals surface area (Å²) in [4.78, 5) is 13.6. The van der Waals surface area contributed by atoms with E-state index >= 15 is 0 Å². The lowest BCUT2D eigenvalue weighted by atomic mass is 9.91. The average Bonchev–Trinajstić information content (AvgIpc) is 3.14. The Bertz CT molecular complexity index is 2140. The van der Waals surface area contributed by atoms with Crippen molar-refractivity contribution in [1.82, 2.24) is 0 Å². The summed E-state index contributed by atoms with van der Waals surface area (Å²) in [6.45, 7) is 4.58. The van der Waals surface area contributed by atoms with Crippen molar-refractivity contribution in [2.24, 2.45) is 0 Å². The van der Waals surface area contributed by atoms with Crippen molar-refractivity contribution < 1.29 is 24.1 Å². The number of hydrogen-bond donors (Lipinski definition) is 1. The maximum Gasteiger partial charge on any atom is 0.343 e. The minimum absolute atomic E-state index is 0.263. The van der Waals surface area contributed by atoms with Gasteiger partial charge in [-0.3, -0.25) is 0 Å². The van der Waals surface area contributed by atoms with E-state index < -0.39 is 5.97 Å². The lowest BCUT2D eigenvalue weighted by Crippen LogP contribution is -2.13. The fourth-order valence-electron chi connectivity index (χ4n) is 6.60. The zero-order chi connectivity index (χ0) is 34.3. The maximum absolute atomic E-state index is 13.6. The van der Waals surface area contributed by atoms with Gasteiger partial charge in [-0.1, -0.05) is 134 Å². The molecule has 5 nitrogen and oxygen atoms in total. The van der Waals surface area contributed by atoms with Crippen molar-refractivity contribution in [3.8, 4) is 23.0 Å². The monoisotopic (exact) mass is 658 g/mol. The van der Waals surface area contributed by atoms with Crippen LogP contribution in [0.4, 0.5) is 0 Å². The number of phenolic OH excluding ortho intramolecular Hbond substituents is 1. The van der Waals surface area contributed by atoms with E-state index in [2.05, 4.69) is 18.7 Å². The van der Waals surface area contributed by atoms with Gasteiger partial charge in [-0.05, 0) is 62.2 Å². The third-order valence-electron chi connectivity index (χ3n) is 9.04. The Balaban J connectivity index is 1.40. The average molecular weight is 659 g/mol. The van der Waals surface area contributed by atoms with E-state index in [1.165, 1.54) is 0 Å². The number of para-hydroxylation sites is 4. The summed E-state index contributed by atoms with van der Waals surface area (Å²) in [5.74, 6) is 1.85. The summed E-state index contributed by atoms with van der Waals surface area (Å²) in [6.07, 6.45) is 3.56. The van der Waals surface area contributed by atoms with Crippen LogP contribution in [0.1, 0.15) is 60.4 Å². The smallest absolute Gasteiger partial charge is 0.343 e. The van der Waals surface area contributed by atoms with Gasteiger partial charge in [0.15, 0.2) is 0 Å². The zero-order valence-corrected chi connectivity index (χ0v) is 27.8. The first-order chi connectivity index (χ1) is 24.6. The number of phenols is 1. The highest BCUT2D eigenvalue weighted by Crippen LogP contribution is 2.39. The van der Waals surface area contributed by atoms with Crippen LogP contribution in [0.3, 0.4) is 0 Å². The molecular formula is C45H38O5. The Labute approximate surface area is 293 Å². The summed E-state index contributed by atoms with van der Waals surface area (Å²) in [5.41, 5.74) is 8.63. The molecule has 8 bridgehead atoms. The molecule has 6 aromatic rings. The largest absolute Gasteiger partial charge is 0.507 e. The molecule has 0 aliphatic heterocycles. The van der Waals surface area contributed by atoms with E-state index in [-0.39, 0.29) is 5.75 Å². The van der Waals surface area contributed by atoms with E-state index in [9.17, 15) is 9.90 Å². The van der Waals surface area contributed by atoms with Crippen LogP contribution in [0.15, 0.2) is 146 Å². The van der Waals surface area contributed by atoms with Crippen molar-refractivity contribution in [2.75, 3.05) is 6.61 Å². The van der Waals surface area contributed by atoms with E-state index in [0.29, 0.717) is 50.2 Å². The van der Waals surface area contributed by atoms with Crippen molar-refractivity contribution in [1.29, 1.82) is 0 Å². The van der Waals surface area contributed by atoms with Gasteiger partial charge in [0.2, 0.25) is 0 Å². The number of fused-ring (bicyclic) bond motifs is 8. The molecule has 0 aromatic heterocycles. The molecule has 0 unspecified atom stereocenters. The Morgan fingerprint density at radius 2 is 0.960 bits per heavy atom. The maximum atomic E-state index is 13.6. The minimum atomic E-state index is -0.422. The molecule has 5 heteroatoms. The Morgan fingerprint density at radius 3 is 1.46 bits per heavy atom. The van der Waals surface area contributed by atoms with Crippen LogP contribution in [-0.2, 0) is 32.3 Å². The van der Waals surface area contributed by atoms with Gasteiger partial charge in [0, 0.05) is 25.7 Å². The van der Waals surface area contributed by atoms with E-state index in [1.807, 2.05) is 109 Å². The summed E-state index contributed by atoms with van der Waals surface area (Å²) in [6, 6.07) is 43.3. The first-order valence-electron chi connectivity index (χ1n) is 16.9. The fraction of sp³-hybridized carbons (Fsp3) is 0.133. The first kappa shape index (κ1) is 32.5. The number of hydrogen-bond acceptors (Lipinski definition) is 5. The van der Waals surface area contributed by atoms with Gasteiger partial charge >= 0.3 is 5.97 Å². The van der Waals surface area contributed by atoms with Crippen molar-refractivity contribution in [3.05, 3.63) is 202 Å². The van der Waals surface area contributed by atoms with Crippen LogP contribution in [0, 0.1) is 0 Å². The van der Waals surface area contributed by atoms with Gasteiger partial charge in [0.05, 0.1) is 5.56 Å². The highest BCUT2D eigenvalue weighted by molar-refractivity contribution is 5.91. The molecule has 7 rings (SSSR count). The highest BCUT2D eigenvalue weighted by atomic mass is 16.5. The predicted octanol–water partition coefficient (Wildman–Crippen LogP) is 9.43. The van der Waals surface area contributed by atoms with Gasteiger partial charge in [-0.25, -0.2) is 4.79 Å². The molecule has 1 aliphatic carbocycles. The molecule has 1 N–H and O–H groups in total. The quantitative estimate of drug-likeness (QED) is 0.100. The van der Waals surface area contributed by atoms with Crippen LogP contribution in [0.25, 0.3) is 0 Å². The number of rotatable bonds is 8. The number of carbonyl (C=O) groups is 1. The van der Waals surface area contributed by atoms with Crippen molar-refractivity contribution >= 4 is 5.97 Å². The second-order valence-corrected chi connectivity index (χ2v) is 12.5. The molecule has 0 saturated carbocycles. The summed E-state index contributed by atoms with van der Waals surface area (Å²) < 4.78 is 19.3. The standard InChI is InChI=1S/C45H38O5/c1-2-25-48-42-35-19-10-21-37(42)28-39-23-12-24-40(44(39)50-45(47)32-15-7-4-8-16-32)29-38-22-11-20-36(27-34-18-9-17-33(26-35)41(34)46)43(38)49-30-31-13-5-3-6-14-31/h2-24,46H,1,25-30H2. The SMILES string of the molecule is C=CCOc1c2cccc1Cc1cccc(c1OC(=O)c1ccccc1)Cc1cccc(c1OCc1ccccc1)Cc1cccc(c1O)C2. The van der Waals surface area contributed by atoms with Gasteiger partial charge in [0.25, 0.3) is 0 Å². The Kier molecular flexibility index (Phi) is 9.74. The van der Waals surface area contributed by atoms with E-state index in [4.69, 9.17) is 14.2 Å². The molecule has 0 amide bonds. The Hall–Kier alpha value is -6.07. The lowest BCUT2D eigenvalue weighted by molar-refractivity contribution is 0.0731. The van der Waals surface area contributed by atoms with Crippen LogP contribution < -0.4 is 14.2 Å². The van der Waals surface area contributed by atoms with Crippen LogP contribution >= 0.6 is 0 Å². The van der Waals surface area contributed by atoms with Crippen molar-refractivity contribution in [2.45, 2.75) is 32.3 Å². The number of carbonyl (C=O) groups excluding carboxylic acids is 1. The van der Waals surface area contributed by atoms with Crippen LogP contribution in [0.2, 0.25) is 0 Å². The summed E-state index contributed by atoms with van der Waals surface area (Å²) in [7, 11) is 0. The highest BCUT2D eigenvalue weighted by Gasteiger charge is 2.22. The molecule has 248 valence electrons. The molecule has 50 heavy (non-hydrogen) atoms. The first-order valence-corrected chi connectivity index (χ1v) is 16.9. The molecule has 0 spiro atoms. The fourth-order valence-corrected chi connectivity index (χ4v) is 6.60. The second-order valence-electron chi connectivity index (χ2n) is 12.5. The predicted molar refractivity (Wildman–Crippen MR) is 197 cm³/mol. The summed E-state index contributed by atoms with van der Waals surface area (Å²) in [5, 5.41) is 11.7. The summed E-state index contributed by atoms with van der Waals surface area (Å²) >= 11 is 0. The van der Waals surface area contributed by atoms with Gasteiger partial charge < -0.3 is 19.3 Å². The molecular weight excluding hydrogens is 620 g/mol. The van der Waals surface area contributed by atoms with E-state index in [1.54, 1.807) is 18.2 Å². The number of benzene rings is 6.